The molecule has 2 heterocycles. The third-order valence-corrected chi connectivity index (χ3v) is 4.09. The Labute approximate surface area is 90.7 Å². The maximum atomic E-state index is 11.5. The maximum Gasteiger partial charge on any atom is 0.233 e. The first-order valence-electron chi connectivity index (χ1n) is 4.37. The van der Waals surface area contributed by atoms with E-state index in [0.717, 1.165) is 0 Å². The Kier molecular flexibility index (Phi) is 3.10. The van der Waals surface area contributed by atoms with Crippen molar-refractivity contribution in [3.8, 4) is 0 Å². The number of hydrogen-bond donors (Lipinski definition) is 1. The summed E-state index contributed by atoms with van der Waals surface area (Å²) in [5.41, 5.74) is 1.17. The molecule has 0 radical (unpaired) electrons. The highest BCUT2D eigenvalue weighted by Crippen LogP contribution is 2.38. The number of β-amino-alcohol motifs (C(OH)–C–C–N with tert-alkyl or cyclic N) is 1. The van der Waals surface area contributed by atoms with Crippen LogP contribution in [0.5, 0.6) is 0 Å². The molecule has 0 aliphatic carbocycles. The van der Waals surface area contributed by atoms with Gasteiger partial charge in [0.15, 0.2) is 0 Å². The van der Waals surface area contributed by atoms with E-state index in [0.29, 0.717) is 12.3 Å². The summed E-state index contributed by atoms with van der Waals surface area (Å²) in [5, 5.41) is 13.0. The van der Waals surface area contributed by atoms with Crippen LogP contribution in [0.2, 0.25) is 0 Å². The van der Waals surface area contributed by atoms with Gasteiger partial charge in [-0.25, -0.2) is 0 Å². The number of thiophene rings is 1. The first kappa shape index (κ1) is 10.0. The molecule has 1 aliphatic rings. The summed E-state index contributed by atoms with van der Waals surface area (Å²) in [5.74, 6) is 0.654. The van der Waals surface area contributed by atoms with Gasteiger partial charge >= 0.3 is 0 Å². The number of amides is 1. The van der Waals surface area contributed by atoms with E-state index in [1.807, 2.05) is 11.4 Å². The third-order valence-electron chi connectivity index (χ3n) is 2.14. The normalized spacial score (nSPS) is 21.9. The van der Waals surface area contributed by atoms with Gasteiger partial charge in [-0.3, -0.25) is 4.79 Å². The lowest BCUT2D eigenvalue weighted by molar-refractivity contribution is -0.128. The maximum absolute atomic E-state index is 11.5. The molecule has 3 nitrogen and oxygen atoms in total. The van der Waals surface area contributed by atoms with Gasteiger partial charge in [0.05, 0.1) is 12.4 Å². The fourth-order valence-electron chi connectivity index (χ4n) is 1.50. The number of rotatable bonds is 3. The Bertz CT molecular complexity index is 313. The monoisotopic (exact) mass is 229 g/mol. The number of carbonyl (C=O) groups is 1. The number of aliphatic hydroxyl groups excluding tert-OH is 1. The van der Waals surface area contributed by atoms with Crippen LogP contribution < -0.4 is 0 Å². The summed E-state index contributed by atoms with van der Waals surface area (Å²) in [6.45, 7) is 0.472. The third kappa shape index (κ3) is 1.80. The Morgan fingerprint density at radius 3 is 3.14 bits per heavy atom. The van der Waals surface area contributed by atoms with Crippen molar-refractivity contribution >= 4 is 29.0 Å². The van der Waals surface area contributed by atoms with Crippen LogP contribution in [-0.4, -0.2) is 34.8 Å². The molecule has 14 heavy (non-hydrogen) atoms. The second-order valence-electron chi connectivity index (χ2n) is 3.03. The average molecular weight is 229 g/mol. The summed E-state index contributed by atoms with van der Waals surface area (Å²) in [4.78, 5) is 13.2. The van der Waals surface area contributed by atoms with Crippen molar-refractivity contribution in [1.82, 2.24) is 4.90 Å². The summed E-state index contributed by atoms with van der Waals surface area (Å²) < 4.78 is 0. The summed E-state index contributed by atoms with van der Waals surface area (Å²) in [7, 11) is 0. The topological polar surface area (TPSA) is 40.5 Å². The molecule has 0 spiro atoms. The first-order valence-corrected chi connectivity index (χ1v) is 6.36. The lowest BCUT2D eigenvalue weighted by Crippen LogP contribution is -2.30. The molecule has 5 heteroatoms. The fraction of sp³-hybridized carbons (Fsp3) is 0.444. The van der Waals surface area contributed by atoms with Crippen LogP contribution in [0, 0.1) is 0 Å². The molecule has 0 unspecified atom stereocenters. The van der Waals surface area contributed by atoms with Crippen LogP contribution in [0.15, 0.2) is 16.8 Å². The molecule has 1 aliphatic heterocycles. The molecule has 76 valence electrons. The smallest absolute Gasteiger partial charge is 0.233 e. The second kappa shape index (κ2) is 4.33. The number of hydrogen-bond acceptors (Lipinski definition) is 4. The number of thioether (sulfide) groups is 1. The first-order chi connectivity index (χ1) is 6.83. The van der Waals surface area contributed by atoms with E-state index in [2.05, 4.69) is 5.38 Å². The zero-order valence-corrected chi connectivity index (χ0v) is 9.18. The second-order valence-corrected chi connectivity index (χ2v) is 4.88. The fourth-order valence-corrected chi connectivity index (χ4v) is 3.47. The molecule has 1 N–H and O–H groups in total. The number of carbonyl (C=O) groups excluding carboxylic acids is 1. The van der Waals surface area contributed by atoms with Crippen molar-refractivity contribution < 1.29 is 9.90 Å². The highest BCUT2D eigenvalue weighted by Gasteiger charge is 2.32. The summed E-state index contributed by atoms with van der Waals surface area (Å²) in [6, 6.07) is 2.03. The molecular weight excluding hydrogens is 218 g/mol. The zero-order chi connectivity index (χ0) is 9.97. The predicted octanol–water partition coefficient (Wildman–Crippen LogP) is 1.31. The molecule has 2 rings (SSSR count). The minimum absolute atomic E-state index is 0.0347. The van der Waals surface area contributed by atoms with Gasteiger partial charge in [0.25, 0.3) is 0 Å². The van der Waals surface area contributed by atoms with Gasteiger partial charge in [0, 0.05) is 6.54 Å². The van der Waals surface area contributed by atoms with Crippen LogP contribution >= 0.6 is 23.1 Å². The minimum Gasteiger partial charge on any atom is -0.395 e. The van der Waals surface area contributed by atoms with Gasteiger partial charge in [-0.15, -0.1) is 11.8 Å². The molecule has 1 saturated heterocycles. The summed E-state index contributed by atoms with van der Waals surface area (Å²) >= 11 is 3.26. The Balaban J connectivity index is 2.15. The largest absolute Gasteiger partial charge is 0.395 e. The lowest BCUT2D eigenvalue weighted by atomic mass is 10.3. The van der Waals surface area contributed by atoms with E-state index in [9.17, 15) is 4.79 Å². The molecule has 1 fully saturated rings. The minimum atomic E-state index is 0.0347. The lowest BCUT2D eigenvalue weighted by Gasteiger charge is -2.22. The highest BCUT2D eigenvalue weighted by atomic mass is 32.2. The Morgan fingerprint density at radius 2 is 2.50 bits per heavy atom. The van der Waals surface area contributed by atoms with Crippen molar-refractivity contribution in [2.24, 2.45) is 0 Å². The van der Waals surface area contributed by atoms with E-state index in [-0.39, 0.29) is 17.9 Å². The van der Waals surface area contributed by atoms with Gasteiger partial charge in [-0.2, -0.15) is 11.3 Å². The van der Waals surface area contributed by atoms with Crippen LogP contribution in [0.4, 0.5) is 0 Å². The summed E-state index contributed by atoms with van der Waals surface area (Å²) in [6.07, 6.45) is 0. The molecule has 0 aromatic carbocycles. The Morgan fingerprint density at radius 1 is 1.64 bits per heavy atom. The van der Waals surface area contributed by atoms with Crippen molar-refractivity contribution in [1.29, 1.82) is 0 Å². The number of aliphatic hydroxyl groups is 1. The number of nitrogens with zero attached hydrogens (tertiary/aromatic N) is 1. The van der Waals surface area contributed by atoms with Crippen molar-refractivity contribution in [3.63, 3.8) is 0 Å². The Hall–Kier alpha value is -0.520. The SMILES string of the molecule is O=C1CS[C@H](c2ccsc2)N1CCO. The molecule has 0 saturated carbocycles. The molecule has 1 amide bonds. The standard InChI is InChI=1S/C9H11NO2S2/c11-3-2-10-8(12)6-14-9(10)7-1-4-13-5-7/h1,4-5,9,11H,2-3,6H2/t9-/m1/s1. The van der Waals surface area contributed by atoms with Crippen LogP contribution in [-0.2, 0) is 4.79 Å². The molecule has 1 atom stereocenters. The van der Waals surface area contributed by atoms with Gasteiger partial charge in [0.2, 0.25) is 5.91 Å². The van der Waals surface area contributed by atoms with E-state index in [1.54, 1.807) is 28.0 Å². The van der Waals surface area contributed by atoms with Gasteiger partial charge in [-0.1, -0.05) is 0 Å². The average Bonchev–Trinajstić information content (AvgIpc) is 2.77. The van der Waals surface area contributed by atoms with Gasteiger partial charge < -0.3 is 10.0 Å². The van der Waals surface area contributed by atoms with Crippen molar-refractivity contribution in [2.45, 2.75) is 5.37 Å². The van der Waals surface area contributed by atoms with Crippen molar-refractivity contribution in [2.75, 3.05) is 18.9 Å². The van der Waals surface area contributed by atoms with Crippen LogP contribution in [0.25, 0.3) is 0 Å². The van der Waals surface area contributed by atoms with E-state index >= 15 is 0 Å². The highest BCUT2D eigenvalue weighted by molar-refractivity contribution is 8.00. The zero-order valence-electron chi connectivity index (χ0n) is 7.55. The molecule has 1 aromatic heterocycles. The van der Waals surface area contributed by atoms with Gasteiger partial charge in [-0.05, 0) is 22.4 Å². The van der Waals surface area contributed by atoms with Crippen LogP contribution in [0.3, 0.4) is 0 Å². The quantitative estimate of drug-likeness (QED) is 0.849. The molecule has 0 bridgehead atoms. The van der Waals surface area contributed by atoms with E-state index < -0.39 is 0 Å². The molecule has 1 aromatic rings. The van der Waals surface area contributed by atoms with E-state index in [4.69, 9.17) is 5.11 Å². The predicted molar refractivity (Wildman–Crippen MR) is 58.3 cm³/mol. The van der Waals surface area contributed by atoms with E-state index in [1.165, 1.54) is 5.56 Å². The molecular formula is C9H11NO2S2. The van der Waals surface area contributed by atoms with Crippen LogP contribution in [0.1, 0.15) is 10.9 Å². The van der Waals surface area contributed by atoms with Gasteiger partial charge in [0.1, 0.15) is 5.37 Å². The van der Waals surface area contributed by atoms with Crippen molar-refractivity contribution in [3.05, 3.63) is 22.4 Å².